The maximum absolute atomic E-state index is 12.7. The molecule has 2 aliphatic rings. The van der Waals surface area contributed by atoms with E-state index in [1.54, 1.807) is 0 Å². The lowest BCUT2D eigenvalue weighted by molar-refractivity contribution is 0.0495. The molecule has 0 atom stereocenters. The van der Waals surface area contributed by atoms with Gasteiger partial charge in [-0.3, -0.25) is 4.79 Å². The summed E-state index contributed by atoms with van der Waals surface area (Å²) in [7, 11) is 0. The van der Waals surface area contributed by atoms with Crippen molar-refractivity contribution in [2.45, 2.75) is 32.6 Å². The number of halogens is 1. The van der Waals surface area contributed by atoms with Crippen molar-refractivity contribution in [1.29, 1.82) is 0 Å². The highest BCUT2D eigenvalue weighted by atomic mass is 79.9. The van der Waals surface area contributed by atoms with E-state index < -0.39 is 0 Å². The molecule has 0 bridgehead atoms. The van der Waals surface area contributed by atoms with E-state index in [9.17, 15) is 4.79 Å². The molecule has 1 spiro atoms. The Kier molecular flexibility index (Phi) is 4.36. The summed E-state index contributed by atoms with van der Waals surface area (Å²) in [6, 6.07) is 5.95. The molecular weight excluding hydrogens is 328 g/mol. The van der Waals surface area contributed by atoms with Gasteiger partial charge >= 0.3 is 0 Å². The van der Waals surface area contributed by atoms with Gasteiger partial charge in [0.25, 0.3) is 5.91 Å². The first-order chi connectivity index (χ1) is 10.1. The zero-order valence-corrected chi connectivity index (χ0v) is 14.2. The number of hydrogen-bond donors (Lipinski definition) is 1. The van der Waals surface area contributed by atoms with Crippen molar-refractivity contribution in [3.05, 3.63) is 33.8 Å². The van der Waals surface area contributed by atoms with Gasteiger partial charge in [-0.25, -0.2) is 0 Å². The van der Waals surface area contributed by atoms with E-state index in [1.807, 2.05) is 30.0 Å². The first-order valence-corrected chi connectivity index (χ1v) is 8.65. The number of hydrogen-bond acceptors (Lipinski definition) is 2. The third-order valence-electron chi connectivity index (χ3n) is 5.21. The van der Waals surface area contributed by atoms with E-state index in [1.165, 1.54) is 12.8 Å². The molecule has 114 valence electrons. The van der Waals surface area contributed by atoms with Crippen LogP contribution in [0.2, 0.25) is 0 Å². The quantitative estimate of drug-likeness (QED) is 0.842. The van der Waals surface area contributed by atoms with Crippen LogP contribution in [0.3, 0.4) is 0 Å². The Hall–Kier alpha value is -0.870. The highest BCUT2D eigenvalue weighted by molar-refractivity contribution is 9.10. The minimum absolute atomic E-state index is 0.192. The Bertz CT molecular complexity index is 528. The number of amides is 1. The molecule has 3 rings (SSSR count). The topological polar surface area (TPSA) is 32.3 Å². The molecule has 1 aromatic rings. The van der Waals surface area contributed by atoms with E-state index in [4.69, 9.17) is 0 Å². The van der Waals surface area contributed by atoms with Crippen molar-refractivity contribution in [2.24, 2.45) is 5.41 Å². The summed E-state index contributed by atoms with van der Waals surface area (Å²) < 4.78 is 0.975. The second kappa shape index (κ2) is 6.09. The minimum Gasteiger partial charge on any atom is -0.339 e. The number of nitrogens with zero attached hydrogens (tertiary/aromatic N) is 1. The summed E-state index contributed by atoms with van der Waals surface area (Å²) in [4.78, 5) is 14.8. The monoisotopic (exact) mass is 350 g/mol. The molecule has 2 aliphatic heterocycles. The number of carbonyl (C=O) groups excluding carboxylic acids is 1. The van der Waals surface area contributed by atoms with Crippen LogP contribution in [0.15, 0.2) is 22.7 Å². The van der Waals surface area contributed by atoms with Gasteiger partial charge in [0.2, 0.25) is 0 Å². The van der Waals surface area contributed by atoms with E-state index in [2.05, 4.69) is 21.2 Å². The molecule has 21 heavy (non-hydrogen) atoms. The molecule has 0 saturated carbocycles. The minimum atomic E-state index is 0.192. The Morgan fingerprint density at radius 2 is 1.86 bits per heavy atom. The Labute approximate surface area is 135 Å². The molecule has 4 heteroatoms. The van der Waals surface area contributed by atoms with Crippen molar-refractivity contribution < 1.29 is 4.79 Å². The zero-order chi connectivity index (χ0) is 14.9. The van der Waals surface area contributed by atoms with Gasteiger partial charge < -0.3 is 10.2 Å². The van der Waals surface area contributed by atoms with E-state index >= 15 is 0 Å². The number of rotatable bonds is 1. The third kappa shape index (κ3) is 3.16. The van der Waals surface area contributed by atoms with E-state index in [-0.39, 0.29) is 5.91 Å². The molecule has 1 aromatic carbocycles. The van der Waals surface area contributed by atoms with E-state index in [0.717, 1.165) is 54.6 Å². The van der Waals surface area contributed by atoms with Gasteiger partial charge in [-0.1, -0.05) is 22.0 Å². The van der Waals surface area contributed by atoms with E-state index in [0.29, 0.717) is 5.41 Å². The van der Waals surface area contributed by atoms with Gasteiger partial charge in [-0.2, -0.15) is 0 Å². The number of carbonyl (C=O) groups is 1. The second-order valence-corrected chi connectivity index (χ2v) is 7.42. The molecule has 3 nitrogen and oxygen atoms in total. The summed E-state index contributed by atoms with van der Waals surface area (Å²) in [5.74, 6) is 0.192. The molecular formula is C17H23BrN2O. The van der Waals surface area contributed by atoms with Crippen LogP contribution in [0, 0.1) is 12.3 Å². The highest BCUT2D eigenvalue weighted by Crippen LogP contribution is 2.39. The Balaban J connectivity index is 1.69. The van der Waals surface area contributed by atoms with Crippen LogP contribution in [-0.4, -0.2) is 37.0 Å². The van der Waals surface area contributed by atoms with Gasteiger partial charge in [0.05, 0.1) is 0 Å². The fourth-order valence-electron chi connectivity index (χ4n) is 3.64. The van der Waals surface area contributed by atoms with Gasteiger partial charge in [-0.05, 0) is 68.8 Å². The standard InChI is InChI=1S/C17H23BrN2O/c1-13-2-3-14(18)12-15(13)16(21)20-10-6-17(7-11-20)4-8-19-9-5-17/h2-3,12,19H,4-11H2,1H3. The number of nitrogens with one attached hydrogen (secondary N) is 1. The van der Waals surface area contributed by atoms with Crippen LogP contribution < -0.4 is 5.32 Å². The summed E-state index contributed by atoms with van der Waals surface area (Å²) in [6.45, 7) is 6.10. The van der Waals surface area contributed by atoms with Crippen LogP contribution in [0.4, 0.5) is 0 Å². The molecule has 1 amide bonds. The Morgan fingerprint density at radius 3 is 2.52 bits per heavy atom. The summed E-state index contributed by atoms with van der Waals surface area (Å²) in [6.07, 6.45) is 4.86. The lowest BCUT2D eigenvalue weighted by Crippen LogP contribution is -2.47. The molecule has 0 aliphatic carbocycles. The largest absolute Gasteiger partial charge is 0.339 e. The van der Waals surface area contributed by atoms with Crippen molar-refractivity contribution in [2.75, 3.05) is 26.2 Å². The average Bonchev–Trinajstić information content (AvgIpc) is 2.51. The average molecular weight is 351 g/mol. The molecule has 0 radical (unpaired) electrons. The van der Waals surface area contributed by atoms with Crippen molar-refractivity contribution in [3.8, 4) is 0 Å². The van der Waals surface area contributed by atoms with Crippen LogP contribution in [-0.2, 0) is 0 Å². The first kappa shape index (κ1) is 15.0. The molecule has 2 heterocycles. The normalized spacial score (nSPS) is 21.5. The number of piperidine rings is 2. The predicted octanol–water partition coefficient (Wildman–Crippen LogP) is 3.36. The number of benzene rings is 1. The zero-order valence-electron chi connectivity index (χ0n) is 12.6. The Morgan fingerprint density at radius 1 is 1.19 bits per heavy atom. The van der Waals surface area contributed by atoms with Gasteiger partial charge in [0, 0.05) is 23.1 Å². The van der Waals surface area contributed by atoms with Gasteiger partial charge in [0.1, 0.15) is 0 Å². The van der Waals surface area contributed by atoms with Crippen molar-refractivity contribution >= 4 is 21.8 Å². The van der Waals surface area contributed by atoms with Crippen LogP contribution in [0.1, 0.15) is 41.6 Å². The van der Waals surface area contributed by atoms with Crippen molar-refractivity contribution in [3.63, 3.8) is 0 Å². The summed E-state index contributed by atoms with van der Waals surface area (Å²) >= 11 is 3.47. The first-order valence-electron chi connectivity index (χ1n) is 7.86. The highest BCUT2D eigenvalue weighted by Gasteiger charge is 2.36. The summed E-state index contributed by atoms with van der Waals surface area (Å²) in [5.41, 5.74) is 2.39. The van der Waals surface area contributed by atoms with Crippen molar-refractivity contribution in [1.82, 2.24) is 10.2 Å². The SMILES string of the molecule is Cc1ccc(Br)cc1C(=O)N1CCC2(CCNCC2)CC1. The smallest absolute Gasteiger partial charge is 0.254 e. The van der Waals surface area contributed by atoms with Gasteiger partial charge in [0.15, 0.2) is 0 Å². The number of aryl methyl sites for hydroxylation is 1. The molecule has 2 fully saturated rings. The number of likely N-dealkylation sites (tertiary alicyclic amines) is 1. The van der Waals surface area contributed by atoms with Crippen LogP contribution >= 0.6 is 15.9 Å². The molecule has 0 aromatic heterocycles. The van der Waals surface area contributed by atoms with Crippen LogP contribution in [0.25, 0.3) is 0 Å². The lowest BCUT2D eigenvalue weighted by Gasteiger charge is -2.44. The summed E-state index contributed by atoms with van der Waals surface area (Å²) in [5, 5.41) is 3.44. The fourth-order valence-corrected chi connectivity index (χ4v) is 4.00. The second-order valence-electron chi connectivity index (χ2n) is 6.50. The fraction of sp³-hybridized carbons (Fsp3) is 0.588. The third-order valence-corrected chi connectivity index (χ3v) is 5.70. The molecule has 0 unspecified atom stereocenters. The van der Waals surface area contributed by atoms with Gasteiger partial charge in [-0.15, -0.1) is 0 Å². The predicted molar refractivity (Wildman–Crippen MR) is 88.6 cm³/mol. The molecule has 2 saturated heterocycles. The molecule has 1 N–H and O–H groups in total. The maximum atomic E-state index is 12.7. The van der Waals surface area contributed by atoms with Crippen LogP contribution in [0.5, 0.6) is 0 Å². The maximum Gasteiger partial charge on any atom is 0.254 e. The lowest BCUT2D eigenvalue weighted by atomic mass is 9.71.